The number of carbonyl (C=O) groups excluding carboxylic acids is 2. The van der Waals surface area contributed by atoms with Gasteiger partial charge in [0.2, 0.25) is 0 Å². The van der Waals surface area contributed by atoms with E-state index in [-0.39, 0.29) is 29.3 Å². The molecular formula is C24H24O2. The fourth-order valence-corrected chi connectivity index (χ4v) is 4.59. The zero-order valence-electron chi connectivity index (χ0n) is 14.9. The van der Waals surface area contributed by atoms with Crippen LogP contribution in [0.15, 0.2) is 72.8 Å². The normalized spacial score (nSPS) is 28.9. The summed E-state index contributed by atoms with van der Waals surface area (Å²) in [5.41, 5.74) is 2.52. The molecule has 4 rings (SSSR count). The van der Waals surface area contributed by atoms with Crippen molar-refractivity contribution in [2.24, 2.45) is 11.8 Å². The van der Waals surface area contributed by atoms with Gasteiger partial charge in [-0.3, -0.25) is 9.59 Å². The van der Waals surface area contributed by atoms with Crippen molar-refractivity contribution in [3.05, 3.63) is 83.9 Å². The maximum absolute atomic E-state index is 12.7. The topological polar surface area (TPSA) is 34.1 Å². The van der Waals surface area contributed by atoms with E-state index in [2.05, 4.69) is 36.4 Å². The third kappa shape index (κ3) is 3.41. The second-order valence-corrected chi connectivity index (χ2v) is 7.58. The Bertz CT molecular complexity index is 807. The molecule has 0 saturated heterocycles. The van der Waals surface area contributed by atoms with E-state index in [0.29, 0.717) is 12.3 Å². The summed E-state index contributed by atoms with van der Waals surface area (Å²) >= 11 is 0. The monoisotopic (exact) mass is 344 g/mol. The molecule has 2 aromatic rings. The fraction of sp³-hybridized carbons (Fsp3) is 0.333. The Morgan fingerprint density at radius 2 is 1.38 bits per heavy atom. The first-order chi connectivity index (χ1) is 12.7. The first kappa shape index (κ1) is 17.0. The van der Waals surface area contributed by atoms with Crippen LogP contribution in [0.3, 0.4) is 0 Å². The van der Waals surface area contributed by atoms with Gasteiger partial charge in [0.1, 0.15) is 5.78 Å². The number of carbonyl (C=O) groups is 2. The van der Waals surface area contributed by atoms with Crippen LogP contribution in [0.1, 0.15) is 48.6 Å². The number of rotatable bonds is 3. The van der Waals surface area contributed by atoms with E-state index in [9.17, 15) is 9.59 Å². The van der Waals surface area contributed by atoms with E-state index >= 15 is 0 Å². The number of allylic oxidation sites excluding steroid dienone is 2. The van der Waals surface area contributed by atoms with E-state index in [1.807, 2.05) is 30.3 Å². The van der Waals surface area contributed by atoms with E-state index in [0.717, 1.165) is 19.3 Å². The maximum atomic E-state index is 12.7. The first-order valence-corrected chi connectivity index (χ1v) is 9.57. The van der Waals surface area contributed by atoms with Crippen molar-refractivity contribution >= 4 is 11.6 Å². The number of ketones is 2. The van der Waals surface area contributed by atoms with Crippen molar-refractivity contribution in [2.75, 3.05) is 0 Å². The average Bonchev–Trinajstić information content (AvgIpc) is 2.70. The maximum Gasteiger partial charge on any atom is 0.159 e. The molecule has 2 aliphatic carbocycles. The van der Waals surface area contributed by atoms with Gasteiger partial charge in [0, 0.05) is 24.2 Å². The summed E-state index contributed by atoms with van der Waals surface area (Å²) in [7, 11) is 0. The highest BCUT2D eigenvalue weighted by molar-refractivity contribution is 5.97. The molecule has 2 aromatic carbocycles. The van der Waals surface area contributed by atoms with Gasteiger partial charge in [-0.1, -0.05) is 66.7 Å². The Kier molecular flexibility index (Phi) is 4.83. The molecule has 0 radical (unpaired) electrons. The van der Waals surface area contributed by atoms with Crippen LogP contribution in [0.5, 0.6) is 0 Å². The van der Waals surface area contributed by atoms with Gasteiger partial charge in [-0.2, -0.15) is 0 Å². The zero-order chi connectivity index (χ0) is 17.9. The summed E-state index contributed by atoms with van der Waals surface area (Å²) in [5, 5.41) is 0. The summed E-state index contributed by atoms with van der Waals surface area (Å²) in [6.45, 7) is 0. The molecule has 2 aliphatic rings. The third-order valence-electron chi connectivity index (χ3n) is 6.04. The highest BCUT2D eigenvalue weighted by Gasteiger charge is 2.39. The lowest BCUT2D eigenvalue weighted by molar-refractivity contribution is -0.132. The Morgan fingerprint density at radius 1 is 0.731 bits per heavy atom. The summed E-state index contributed by atoms with van der Waals surface area (Å²) in [5.74, 6) is 0.695. The summed E-state index contributed by atoms with van der Waals surface area (Å²) < 4.78 is 0. The molecule has 26 heavy (non-hydrogen) atoms. The highest BCUT2D eigenvalue weighted by atomic mass is 16.1. The van der Waals surface area contributed by atoms with Crippen molar-refractivity contribution < 1.29 is 9.59 Å². The van der Waals surface area contributed by atoms with Crippen molar-refractivity contribution in [1.29, 1.82) is 0 Å². The Labute approximate surface area is 154 Å². The van der Waals surface area contributed by atoms with Gasteiger partial charge < -0.3 is 0 Å². The molecule has 4 atom stereocenters. The number of hydrogen-bond donors (Lipinski definition) is 0. The lowest BCUT2D eigenvalue weighted by Crippen LogP contribution is -2.36. The second kappa shape index (κ2) is 7.41. The van der Waals surface area contributed by atoms with Crippen molar-refractivity contribution in [2.45, 2.75) is 37.5 Å². The van der Waals surface area contributed by atoms with Crippen LogP contribution in [0.4, 0.5) is 0 Å². The lowest BCUT2D eigenvalue weighted by atomic mass is 9.67. The average molecular weight is 344 g/mol. The van der Waals surface area contributed by atoms with E-state index in [1.165, 1.54) is 11.1 Å². The minimum absolute atomic E-state index is 0.129. The van der Waals surface area contributed by atoms with Gasteiger partial charge in [-0.05, 0) is 42.4 Å². The molecule has 4 unspecified atom stereocenters. The molecule has 132 valence electrons. The van der Waals surface area contributed by atoms with Gasteiger partial charge in [0.25, 0.3) is 0 Å². The zero-order valence-corrected chi connectivity index (χ0v) is 14.9. The summed E-state index contributed by atoms with van der Waals surface area (Å²) in [4.78, 5) is 25.3. The molecule has 0 heterocycles. The van der Waals surface area contributed by atoms with Crippen LogP contribution in [-0.4, -0.2) is 11.6 Å². The van der Waals surface area contributed by atoms with Gasteiger partial charge in [-0.15, -0.1) is 0 Å². The van der Waals surface area contributed by atoms with E-state index in [4.69, 9.17) is 0 Å². The first-order valence-electron chi connectivity index (χ1n) is 9.57. The molecule has 0 aliphatic heterocycles. The minimum Gasteiger partial charge on any atom is -0.299 e. The van der Waals surface area contributed by atoms with Gasteiger partial charge in [0.05, 0.1) is 0 Å². The Hall–Kier alpha value is -2.48. The largest absolute Gasteiger partial charge is 0.299 e. The second-order valence-electron chi connectivity index (χ2n) is 7.58. The number of hydrogen-bond acceptors (Lipinski definition) is 2. The van der Waals surface area contributed by atoms with Gasteiger partial charge in [-0.25, -0.2) is 0 Å². The van der Waals surface area contributed by atoms with Crippen LogP contribution in [0.2, 0.25) is 0 Å². The SMILES string of the molecule is O=C1C=CC(c2ccccc2)CC1C1CC(c2ccccc2)CCC1=O. The summed E-state index contributed by atoms with van der Waals surface area (Å²) in [6, 6.07) is 20.7. The molecule has 0 spiro atoms. The minimum atomic E-state index is -0.177. The molecule has 1 fully saturated rings. The van der Waals surface area contributed by atoms with E-state index < -0.39 is 0 Å². The Morgan fingerprint density at radius 3 is 2.08 bits per heavy atom. The molecule has 1 saturated carbocycles. The fourth-order valence-electron chi connectivity index (χ4n) is 4.59. The molecule has 0 aromatic heterocycles. The van der Waals surface area contributed by atoms with Crippen molar-refractivity contribution in [3.63, 3.8) is 0 Å². The van der Waals surface area contributed by atoms with Gasteiger partial charge >= 0.3 is 0 Å². The molecule has 0 N–H and O–H groups in total. The van der Waals surface area contributed by atoms with Crippen LogP contribution < -0.4 is 0 Å². The van der Waals surface area contributed by atoms with Crippen molar-refractivity contribution in [1.82, 2.24) is 0 Å². The standard InChI is InChI=1S/C24H24O2/c25-23-13-11-19(17-7-3-1-4-8-17)15-21(23)22-16-20(12-14-24(22)26)18-9-5-2-6-10-18/h1-11,13,19-22H,12,14-16H2. The molecule has 2 nitrogen and oxygen atoms in total. The summed E-state index contributed by atoms with van der Waals surface area (Å²) in [6.07, 6.45) is 6.76. The molecule has 2 heteroatoms. The molecule has 0 bridgehead atoms. The van der Waals surface area contributed by atoms with Crippen molar-refractivity contribution in [3.8, 4) is 0 Å². The lowest BCUT2D eigenvalue weighted by Gasteiger charge is -2.35. The van der Waals surface area contributed by atoms with Crippen LogP contribution >= 0.6 is 0 Å². The van der Waals surface area contributed by atoms with Crippen LogP contribution in [0.25, 0.3) is 0 Å². The molecule has 0 amide bonds. The Balaban J connectivity index is 1.55. The molecular weight excluding hydrogens is 320 g/mol. The van der Waals surface area contributed by atoms with E-state index in [1.54, 1.807) is 6.08 Å². The quantitative estimate of drug-likeness (QED) is 0.779. The van der Waals surface area contributed by atoms with Crippen LogP contribution in [-0.2, 0) is 9.59 Å². The van der Waals surface area contributed by atoms with Gasteiger partial charge in [0.15, 0.2) is 5.78 Å². The smallest absolute Gasteiger partial charge is 0.159 e. The number of Topliss-reactive ketones (excluding diaryl/α,β-unsaturated/α-hetero) is 1. The third-order valence-corrected chi connectivity index (χ3v) is 6.04. The predicted octanol–water partition coefficient (Wildman–Crippen LogP) is 5.07. The predicted molar refractivity (Wildman–Crippen MR) is 103 cm³/mol. The number of benzene rings is 2. The van der Waals surface area contributed by atoms with Crippen LogP contribution in [0, 0.1) is 11.8 Å². The highest BCUT2D eigenvalue weighted by Crippen LogP contribution is 2.42.